The smallest absolute Gasteiger partial charge is 0.163 e. The zero-order chi connectivity index (χ0) is 15.7. The summed E-state index contributed by atoms with van der Waals surface area (Å²) in [6, 6.07) is 8.04. The maximum absolute atomic E-state index is 4.60. The number of hydrogen-bond donors (Lipinski definition) is 0. The Morgan fingerprint density at radius 3 is 2.59 bits per heavy atom. The predicted molar refractivity (Wildman–Crippen MR) is 85.8 cm³/mol. The first-order valence-electron chi connectivity index (χ1n) is 7.25. The molecule has 0 bridgehead atoms. The van der Waals surface area contributed by atoms with Gasteiger partial charge in [0.05, 0.1) is 11.9 Å². The van der Waals surface area contributed by atoms with Crippen molar-refractivity contribution >= 4 is 0 Å². The molecule has 2 heterocycles. The normalized spacial score (nSPS) is 11.6. The van der Waals surface area contributed by atoms with Gasteiger partial charge in [0.1, 0.15) is 12.2 Å². The Bertz CT molecular complexity index is 799. The molecule has 112 valence electrons. The fourth-order valence-corrected chi connectivity index (χ4v) is 2.14. The van der Waals surface area contributed by atoms with Gasteiger partial charge in [-0.3, -0.25) is 0 Å². The molecule has 22 heavy (non-hydrogen) atoms. The highest BCUT2D eigenvalue weighted by atomic mass is 15.3. The van der Waals surface area contributed by atoms with E-state index in [-0.39, 0.29) is 5.41 Å². The first-order valence-corrected chi connectivity index (χ1v) is 7.25. The second kappa shape index (κ2) is 5.33. The van der Waals surface area contributed by atoms with Gasteiger partial charge < -0.3 is 0 Å². The number of aromatic nitrogens is 5. The Hall–Kier alpha value is -2.56. The van der Waals surface area contributed by atoms with Crippen LogP contribution < -0.4 is 0 Å². The Labute approximate surface area is 130 Å². The van der Waals surface area contributed by atoms with Crippen LogP contribution in [0.4, 0.5) is 0 Å². The molecule has 2 aromatic heterocycles. The van der Waals surface area contributed by atoms with Crippen molar-refractivity contribution in [2.24, 2.45) is 0 Å². The van der Waals surface area contributed by atoms with Crippen LogP contribution in [0.5, 0.6) is 0 Å². The van der Waals surface area contributed by atoms with Gasteiger partial charge in [0.2, 0.25) is 0 Å². The van der Waals surface area contributed by atoms with Crippen LogP contribution in [-0.2, 0) is 5.41 Å². The number of benzene rings is 1. The molecular formula is C17H19N5. The molecule has 0 spiro atoms. The zero-order valence-electron chi connectivity index (χ0n) is 13.3. The molecule has 0 saturated heterocycles. The second-order valence-corrected chi connectivity index (χ2v) is 6.40. The maximum Gasteiger partial charge on any atom is 0.163 e. The van der Waals surface area contributed by atoms with Gasteiger partial charge in [0.25, 0.3) is 0 Å². The van der Waals surface area contributed by atoms with E-state index in [1.807, 2.05) is 48.3 Å². The molecule has 3 rings (SSSR count). The van der Waals surface area contributed by atoms with Gasteiger partial charge in [0.15, 0.2) is 5.82 Å². The van der Waals surface area contributed by atoms with Crippen LogP contribution in [0.1, 0.15) is 32.2 Å². The van der Waals surface area contributed by atoms with Crippen molar-refractivity contribution in [3.63, 3.8) is 0 Å². The van der Waals surface area contributed by atoms with Crippen LogP contribution in [0, 0.1) is 6.92 Å². The summed E-state index contributed by atoms with van der Waals surface area (Å²) in [7, 11) is 0. The van der Waals surface area contributed by atoms with Crippen molar-refractivity contribution in [2.75, 3.05) is 0 Å². The average molecular weight is 293 g/mol. The van der Waals surface area contributed by atoms with E-state index in [9.17, 15) is 0 Å². The van der Waals surface area contributed by atoms with Crippen LogP contribution in [0.15, 0.2) is 43.0 Å². The Morgan fingerprint density at radius 2 is 1.91 bits per heavy atom. The van der Waals surface area contributed by atoms with Crippen molar-refractivity contribution in [3.8, 4) is 17.1 Å². The largest absolute Gasteiger partial charge is 0.241 e. The van der Waals surface area contributed by atoms with Crippen LogP contribution in [0.25, 0.3) is 17.1 Å². The number of rotatable bonds is 2. The first kappa shape index (κ1) is 14.4. The van der Waals surface area contributed by atoms with E-state index in [0.29, 0.717) is 5.82 Å². The average Bonchev–Trinajstić information content (AvgIpc) is 2.93. The fourth-order valence-electron chi connectivity index (χ4n) is 2.14. The minimum atomic E-state index is -0.103. The lowest BCUT2D eigenvalue weighted by Gasteiger charge is -2.16. The highest BCUT2D eigenvalue weighted by molar-refractivity contribution is 5.58. The molecular weight excluding hydrogens is 274 g/mol. The van der Waals surface area contributed by atoms with Crippen LogP contribution >= 0.6 is 0 Å². The second-order valence-electron chi connectivity index (χ2n) is 6.40. The van der Waals surface area contributed by atoms with Crippen molar-refractivity contribution in [3.05, 3.63) is 54.4 Å². The molecule has 5 heteroatoms. The quantitative estimate of drug-likeness (QED) is 0.727. The third-order valence-corrected chi connectivity index (χ3v) is 3.32. The van der Waals surface area contributed by atoms with Gasteiger partial charge >= 0.3 is 0 Å². The Balaban J connectivity index is 2.03. The Kier molecular flexibility index (Phi) is 3.48. The molecule has 0 saturated carbocycles. The third kappa shape index (κ3) is 2.88. The maximum atomic E-state index is 4.60. The van der Waals surface area contributed by atoms with Crippen LogP contribution in [0.3, 0.4) is 0 Å². The summed E-state index contributed by atoms with van der Waals surface area (Å²) in [6.45, 7) is 8.30. The van der Waals surface area contributed by atoms with Gasteiger partial charge in [-0.05, 0) is 24.6 Å². The summed E-state index contributed by atoms with van der Waals surface area (Å²) in [4.78, 5) is 13.2. The molecule has 0 amide bonds. The monoisotopic (exact) mass is 293 g/mol. The summed E-state index contributed by atoms with van der Waals surface area (Å²) in [5, 5.41) is 4.34. The minimum Gasteiger partial charge on any atom is -0.241 e. The molecule has 0 radical (unpaired) electrons. The molecule has 0 fully saturated rings. The van der Waals surface area contributed by atoms with E-state index in [1.165, 1.54) is 0 Å². The summed E-state index contributed by atoms with van der Waals surface area (Å²) < 4.78 is 1.85. The molecule has 1 aromatic carbocycles. The summed E-state index contributed by atoms with van der Waals surface area (Å²) >= 11 is 0. The third-order valence-electron chi connectivity index (χ3n) is 3.32. The number of hydrogen-bond acceptors (Lipinski definition) is 4. The number of aryl methyl sites for hydroxylation is 1. The highest BCUT2D eigenvalue weighted by Crippen LogP contribution is 2.22. The summed E-state index contributed by atoms with van der Waals surface area (Å²) in [5.41, 5.74) is 2.97. The lowest BCUT2D eigenvalue weighted by Crippen LogP contribution is -2.16. The minimum absolute atomic E-state index is 0.103. The SMILES string of the molecule is Cc1cnn(-c2cccc(-c3ncnc(C(C)(C)C)n3)c2)c1. The lowest BCUT2D eigenvalue weighted by atomic mass is 9.96. The van der Waals surface area contributed by atoms with E-state index < -0.39 is 0 Å². The first-order chi connectivity index (χ1) is 10.4. The Morgan fingerprint density at radius 1 is 1.09 bits per heavy atom. The standard InChI is InChI=1S/C17H19N5/c1-12-9-20-22(10-12)14-7-5-6-13(8-14)15-18-11-19-16(21-15)17(2,3)4/h5-11H,1-4H3. The molecule has 0 aliphatic heterocycles. The van der Waals surface area contributed by atoms with Gasteiger partial charge in [-0.2, -0.15) is 5.10 Å². The van der Waals surface area contributed by atoms with E-state index in [0.717, 1.165) is 22.6 Å². The van der Waals surface area contributed by atoms with Gasteiger partial charge in [-0.25, -0.2) is 19.6 Å². The summed E-state index contributed by atoms with van der Waals surface area (Å²) in [6.07, 6.45) is 5.41. The molecule has 0 aliphatic carbocycles. The number of nitrogens with zero attached hydrogens (tertiary/aromatic N) is 5. The van der Waals surface area contributed by atoms with Crippen LogP contribution in [0.2, 0.25) is 0 Å². The van der Waals surface area contributed by atoms with Gasteiger partial charge in [0, 0.05) is 17.2 Å². The molecule has 5 nitrogen and oxygen atoms in total. The van der Waals surface area contributed by atoms with Crippen LogP contribution in [-0.4, -0.2) is 24.7 Å². The van der Waals surface area contributed by atoms with Crippen molar-refractivity contribution in [2.45, 2.75) is 33.1 Å². The zero-order valence-corrected chi connectivity index (χ0v) is 13.3. The predicted octanol–water partition coefficient (Wildman–Crippen LogP) is 3.33. The molecule has 3 aromatic rings. The molecule has 0 unspecified atom stereocenters. The lowest BCUT2D eigenvalue weighted by molar-refractivity contribution is 0.542. The van der Waals surface area contributed by atoms with Gasteiger partial charge in [-0.15, -0.1) is 0 Å². The van der Waals surface area contributed by atoms with E-state index in [1.54, 1.807) is 6.33 Å². The van der Waals surface area contributed by atoms with E-state index in [4.69, 9.17) is 0 Å². The van der Waals surface area contributed by atoms with Gasteiger partial charge in [-0.1, -0.05) is 32.9 Å². The fraction of sp³-hybridized carbons (Fsp3) is 0.294. The highest BCUT2D eigenvalue weighted by Gasteiger charge is 2.18. The van der Waals surface area contributed by atoms with E-state index in [2.05, 4.69) is 40.8 Å². The molecule has 0 aliphatic rings. The van der Waals surface area contributed by atoms with Crippen molar-refractivity contribution < 1.29 is 0 Å². The summed E-state index contributed by atoms with van der Waals surface area (Å²) in [5.74, 6) is 1.48. The van der Waals surface area contributed by atoms with Crippen molar-refractivity contribution in [1.29, 1.82) is 0 Å². The van der Waals surface area contributed by atoms with Crippen molar-refractivity contribution in [1.82, 2.24) is 24.7 Å². The molecule has 0 N–H and O–H groups in total. The van der Waals surface area contributed by atoms with E-state index >= 15 is 0 Å². The topological polar surface area (TPSA) is 56.5 Å². The molecule has 0 atom stereocenters.